The molecule has 3 aromatic rings. The first-order valence-electron chi connectivity index (χ1n) is 7.88. The molecule has 3 rings (SSSR count). The second kappa shape index (κ2) is 8.49. The number of allylic oxidation sites excluding steroid dienone is 1. The maximum absolute atomic E-state index is 12.4. The van der Waals surface area contributed by atoms with Crippen molar-refractivity contribution < 1.29 is 9.90 Å². The highest BCUT2D eigenvalue weighted by Gasteiger charge is 2.08. The number of halogens is 2. The minimum atomic E-state index is -0.151. The maximum atomic E-state index is 12.4. The lowest BCUT2D eigenvalue weighted by Crippen LogP contribution is -1.97. The summed E-state index contributed by atoms with van der Waals surface area (Å²) in [5, 5.41) is 13.2. The van der Waals surface area contributed by atoms with E-state index in [1.165, 1.54) is 23.5 Å². The molecule has 1 aromatic heterocycles. The average Bonchev–Trinajstić information content (AvgIpc) is 3.11. The van der Waals surface area contributed by atoms with Crippen LogP contribution in [-0.2, 0) is 6.42 Å². The van der Waals surface area contributed by atoms with Gasteiger partial charge in [-0.05, 0) is 54.5 Å². The molecule has 26 heavy (non-hydrogen) atoms. The molecule has 0 unspecified atom stereocenters. The fourth-order valence-corrected chi connectivity index (χ4v) is 3.51. The Hall–Kier alpha value is -2.14. The van der Waals surface area contributed by atoms with Crippen LogP contribution in [0, 0.1) is 0 Å². The second-order valence-electron chi connectivity index (χ2n) is 5.56. The van der Waals surface area contributed by atoms with Crippen molar-refractivity contribution in [2.75, 3.05) is 5.88 Å². The normalized spacial score (nSPS) is 11.2. The van der Waals surface area contributed by atoms with Gasteiger partial charge >= 0.3 is 0 Å². The molecule has 0 fully saturated rings. The van der Waals surface area contributed by atoms with Gasteiger partial charge in [-0.2, -0.15) is 0 Å². The van der Waals surface area contributed by atoms with E-state index in [0.29, 0.717) is 34.1 Å². The number of rotatable bonds is 6. The molecule has 2 aromatic carbocycles. The lowest BCUT2D eigenvalue weighted by atomic mass is 10.0. The zero-order valence-electron chi connectivity index (χ0n) is 13.7. The number of thiazole rings is 1. The smallest absolute Gasteiger partial charge is 0.185 e. The number of phenols is 1. The van der Waals surface area contributed by atoms with Crippen LogP contribution in [0.5, 0.6) is 5.75 Å². The zero-order chi connectivity index (χ0) is 18.5. The molecule has 0 saturated carbocycles. The number of aryl methyl sites for hydroxylation is 1. The van der Waals surface area contributed by atoms with E-state index >= 15 is 0 Å². The Morgan fingerprint density at radius 1 is 1.19 bits per heavy atom. The van der Waals surface area contributed by atoms with Crippen molar-refractivity contribution in [3.8, 4) is 16.3 Å². The third-order valence-corrected chi connectivity index (χ3v) is 5.10. The Morgan fingerprint density at radius 2 is 1.96 bits per heavy atom. The number of carbonyl (C=O) groups is 1. The van der Waals surface area contributed by atoms with Gasteiger partial charge in [0.1, 0.15) is 10.8 Å². The summed E-state index contributed by atoms with van der Waals surface area (Å²) < 4.78 is 0. The van der Waals surface area contributed by atoms with Gasteiger partial charge in [0.25, 0.3) is 0 Å². The molecule has 0 atom stereocenters. The number of aromatic hydroxyl groups is 1. The van der Waals surface area contributed by atoms with Crippen molar-refractivity contribution in [2.45, 2.75) is 6.42 Å². The first-order chi connectivity index (χ1) is 12.6. The molecule has 0 bridgehead atoms. The lowest BCUT2D eigenvalue weighted by molar-refractivity contribution is 0.104. The van der Waals surface area contributed by atoms with Crippen LogP contribution in [0.15, 0.2) is 53.9 Å². The predicted molar refractivity (Wildman–Crippen MR) is 108 cm³/mol. The fourth-order valence-electron chi connectivity index (χ4n) is 2.39. The second-order valence-corrected chi connectivity index (χ2v) is 7.24. The number of alkyl halides is 1. The average molecular weight is 404 g/mol. The van der Waals surface area contributed by atoms with Gasteiger partial charge in [0.15, 0.2) is 5.78 Å². The highest BCUT2D eigenvalue weighted by atomic mass is 35.5. The molecular weight excluding hydrogens is 389 g/mol. The van der Waals surface area contributed by atoms with E-state index < -0.39 is 0 Å². The molecule has 3 nitrogen and oxygen atoms in total. The van der Waals surface area contributed by atoms with Crippen molar-refractivity contribution in [3.63, 3.8) is 0 Å². The number of aromatic nitrogens is 1. The van der Waals surface area contributed by atoms with Crippen molar-refractivity contribution in [3.05, 3.63) is 75.8 Å². The van der Waals surface area contributed by atoms with Gasteiger partial charge in [-0.15, -0.1) is 22.9 Å². The topological polar surface area (TPSA) is 50.2 Å². The van der Waals surface area contributed by atoms with Gasteiger partial charge in [0, 0.05) is 27.4 Å². The van der Waals surface area contributed by atoms with Crippen LogP contribution in [0.3, 0.4) is 0 Å². The number of carbonyl (C=O) groups excluding carboxylic acids is 1. The predicted octanol–water partition coefficient (Wildman–Crippen LogP) is 5.85. The van der Waals surface area contributed by atoms with Gasteiger partial charge in [-0.25, -0.2) is 4.98 Å². The Morgan fingerprint density at radius 3 is 2.69 bits per heavy atom. The highest BCUT2D eigenvalue weighted by Crippen LogP contribution is 2.26. The van der Waals surface area contributed by atoms with E-state index in [0.717, 1.165) is 10.6 Å². The van der Waals surface area contributed by atoms with Gasteiger partial charge < -0.3 is 5.11 Å². The van der Waals surface area contributed by atoms with E-state index in [9.17, 15) is 9.90 Å². The minimum absolute atomic E-state index is 0.151. The molecule has 6 heteroatoms. The summed E-state index contributed by atoms with van der Waals surface area (Å²) in [6, 6.07) is 12.2. The molecule has 0 aliphatic carbocycles. The van der Waals surface area contributed by atoms with Gasteiger partial charge in [0.05, 0.1) is 5.69 Å². The maximum Gasteiger partial charge on any atom is 0.185 e. The summed E-state index contributed by atoms with van der Waals surface area (Å²) >= 11 is 13.1. The Kier molecular flexibility index (Phi) is 6.09. The highest BCUT2D eigenvalue weighted by molar-refractivity contribution is 7.13. The molecule has 0 aliphatic rings. The van der Waals surface area contributed by atoms with Crippen LogP contribution >= 0.6 is 34.5 Å². The van der Waals surface area contributed by atoms with E-state index in [2.05, 4.69) is 4.98 Å². The molecule has 0 aliphatic heterocycles. The first kappa shape index (κ1) is 18.6. The molecule has 0 saturated heterocycles. The Labute approximate surface area is 165 Å². The molecule has 0 spiro atoms. The van der Waals surface area contributed by atoms with Gasteiger partial charge in [-0.3, -0.25) is 4.79 Å². The molecule has 0 amide bonds. The molecule has 1 heterocycles. The van der Waals surface area contributed by atoms with Gasteiger partial charge in [-0.1, -0.05) is 23.7 Å². The van der Waals surface area contributed by atoms with Crippen LogP contribution in [0.1, 0.15) is 21.6 Å². The van der Waals surface area contributed by atoms with Crippen molar-refractivity contribution in [2.24, 2.45) is 0 Å². The SMILES string of the molecule is O=C(C=Cc1csc(-c2ccc(Cl)cc2)n1)c1ccc(O)c(CCCl)c1. The Balaban J connectivity index is 1.75. The van der Waals surface area contributed by atoms with Crippen LogP contribution < -0.4 is 0 Å². The summed E-state index contributed by atoms with van der Waals surface area (Å²) in [5.41, 5.74) is 2.87. The van der Waals surface area contributed by atoms with E-state index in [1.807, 2.05) is 29.6 Å². The zero-order valence-corrected chi connectivity index (χ0v) is 16.0. The molecular formula is C20H15Cl2NO2S. The fraction of sp³-hybridized carbons (Fsp3) is 0.100. The van der Waals surface area contributed by atoms with Crippen LogP contribution in [0.4, 0.5) is 0 Å². The van der Waals surface area contributed by atoms with Gasteiger partial charge in [0.2, 0.25) is 0 Å². The number of benzene rings is 2. The number of ketones is 1. The van der Waals surface area contributed by atoms with E-state index in [-0.39, 0.29) is 11.5 Å². The van der Waals surface area contributed by atoms with Crippen LogP contribution in [0.2, 0.25) is 5.02 Å². The minimum Gasteiger partial charge on any atom is -0.508 e. The Bertz CT molecular complexity index is 949. The molecule has 1 N–H and O–H groups in total. The lowest BCUT2D eigenvalue weighted by Gasteiger charge is -2.04. The quantitative estimate of drug-likeness (QED) is 0.319. The summed E-state index contributed by atoms with van der Waals surface area (Å²) in [7, 11) is 0. The first-order valence-corrected chi connectivity index (χ1v) is 9.68. The van der Waals surface area contributed by atoms with Crippen molar-refractivity contribution >= 4 is 46.4 Å². The third kappa shape index (κ3) is 4.52. The molecule has 132 valence electrons. The van der Waals surface area contributed by atoms with E-state index in [1.54, 1.807) is 18.2 Å². The number of nitrogens with zero attached hydrogens (tertiary/aromatic N) is 1. The number of hydrogen-bond acceptors (Lipinski definition) is 4. The standard InChI is InChI=1S/C20H15Cl2NO2S/c21-10-9-15-11-14(3-7-18(15)24)19(25)8-6-17-12-26-20(23-17)13-1-4-16(22)5-2-13/h1-8,11-12,24H,9-10H2. The number of phenolic OH excluding ortho intramolecular Hbond substituents is 1. The third-order valence-electron chi connectivity index (χ3n) is 3.75. The largest absolute Gasteiger partial charge is 0.508 e. The monoisotopic (exact) mass is 403 g/mol. The summed E-state index contributed by atoms with van der Waals surface area (Å²) in [4.78, 5) is 16.9. The van der Waals surface area contributed by atoms with Crippen LogP contribution in [0.25, 0.3) is 16.6 Å². The number of hydrogen-bond donors (Lipinski definition) is 1. The molecule has 0 radical (unpaired) electrons. The summed E-state index contributed by atoms with van der Waals surface area (Å²) in [6.07, 6.45) is 3.68. The van der Waals surface area contributed by atoms with Crippen molar-refractivity contribution in [1.82, 2.24) is 4.98 Å². The van der Waals surface area contributed by atoms with Crippen LogP contribution in [-0.4, -0.2) is 21.8 Å². The summed E-state index contributed by atoms with van der Waals surface area (Å²) in [6.45, 7) is 0. The summed E-state index contributed by atoms with van der Waals surface area (Å²) in [5.74, 6) is 0.382. The van der Waals surface area contributed by atoms with E-state index in [4.69, 9.17) is 23.2 Å². The van der Waals surface area contributed by atoms with Crippen molar-refractivity contribution in [1.29, 1.82) is 0 Å².